The summed E-state index contributed by atoms with van der Waals surface area (Å²) in [6.07, 6.45) is 2.31. The second-order valence-electron chi connectivity index (χ2n) is 5.59. The van der Waals surface area contributed by atoms with Crippen LogP contribution in [0.4, 0.5) is 0 Å². The summed E-state index contributed by atoms with van der Waals surface area (Å²) < 4.78 is 11.2. The summed E-state index contributed by atoms with van der Waals surface area (Å²) in [5.74, 6) is 3.04. The molecule has 1 rings (SSSR count). The minimum absolute atomic E-state index is 0.671. The first-order valence-electron chi connectivity index (χ1n) is 7.63. The molecule has 20 heavy (non-hydrogen) atoms. The van der Waals surface area contributed by atoms with Crippen molar-refractivity contribution in [2.45, 2.75) is 33.6 Å². The van der Waals surface area contributed by atoms with Gasteiger partial charge in [-0.25, -0.2) is 0 Å². The van der Waals surface area contributed by atoms with Crippen LogP contribution in [0.1, 0.15) is 33.6 Å². The highest BCUT2D eigenvalue weighted by Gasteiger charge is 2.11. The highest BCUT2D eigenvalue weighted by atomic mass is 16.5. The Hall–Kier alpha value is -1.22. The molecule has 0 saturated carbocycles. The molecule has 0 aromatic heterocycles. The van der Waals surface area contributed by atoms with E-state index in [2.05, 4.69) is 26.1 Å². The van der Waals surface area contributed by atoms with Gasteiger partial charge in [-0.05, 0) is 49.9 Å². The zero-order valence-electron chi connectivity index (χ0n) is 13.3. The van der Waals surface area contributed by atoms with Gasteiger partial charge in [0.25, 0.3) is 0 Å². The minimum Gasteiger partial charge on any atom is -0.493 e. The first-order valence-corrected chi connectivity index (χ1v) is 7.63. The predicted molar refractivity (Wildman–Crippen MR) is 84.6 cm³/mol. The maximum absolute atomic E-state index is 5.87. The fraction of sp³-hybridized carbons (Fsp3) is 0.647. The molecule has 114 valence electrons. The summed E-state index contributed by atoms with van der Waals surface area (Å²) in [6, 6.07) is 7.82. The van der Waals surface area contributed by atoms with E-state index in [1.807, 2.05) is 24.3 Å². The lowest BCUT2D eigenvalue weighted by atomic mass is 9.94. The number of benzene rings is 1. The normalized spacial score (nSPS) is 12.4. The Bertz CT molecular complexity index is 366. The van der Waals surface area contributed by atoms with E-state index in [9.17, 15) is 0 Å². The average Bonchev–Trinajstić information content (AvgIpc) is 2.44. The van der Waals surface area contributed by atoms with E-state index in [-0.39, 0.29) is 0 Å². The van der Waals surface area contributed by atoms with E-state index in [1.165, 1.54) is 6.42 Å². The van der Waals surface area contributed by atoms with Gasteiger partial charge in [-0.1, -0.05) is 32.9 Å². The Labute approximate surface area is 123 Å². The van der Waals surface area contributed by atoms with Crippen molar-refractivity contribution in [3.63, 3.8) is 0 Å². The van der Waals surface area contributed by atoms with Gasteiger partial charge in [0, 0.05) is 0 Å². The van der Waals surface area contributed by atoms with Crippen molar-refractivity contribution in [3.05, 3.63) is 24.3 Å². The molecule has 0 spiro atoms. The molecule has 0 aliphatic heterocycles. The lowest BCUT2D eigenvalue weighted by molar-refractivity contribution is 0.248. The van der Waals surface area contributed by atoms with Crippen LogP contribution >= 0.6 is 0 Å². The van der Waals surface area contributed by atoms with Crippen LogP contribution in [-0.4, -0.2) is 26.8 Å². The lowest BCUT2D eigenvalue weighted by Gasteiger charge is -2.20. The lowest BCUT2D eigenvalue weighted by Crippen LogP contribution is -2.25. The van der Waals surface area contributed by atoms with Gasteiger partial charge in [0.2, 0.25) is 0 Å². The summed E-state index contributed by atoms with van der Waals surface area (Å²) in [5, 5.41) is 3.44. The molecule has 3 heteroatoms. The van der Waals surface area contributed by atoms with Crippen molar-refractivity contribution >= 4 is 0 Å². The molecule has 0 aliphatic rings. The number of methoxy groups -OCH3 is 1. The van der Waals surface area contributed by atoms with E-state index in [0.717, 1.165) is 43.5 Å². The molecule has 1 atom stereocenters. The van der Waals surface area contributed by atoms with Gasteiger partial charge in [-0.2, -0.15) is 0 Å². The molecule has 3 nitrogen and oxygen atoms in total. The number of hydrogen-bond donors (Lipinski definition) is 1. The molecule has 0 heterocycles. The molecule has 1 aromatic carbocycles. The predicted octanol–water partition coefficient (Wildman–Crippen LogP) is 3.74. The monoisotopic (exact) mass is 279 g/mol. The Kier molecular flexibility index (Phi) is 8.12. The molecule has 1 aromatic rings. The van der Waals surface area contributed by atoms with E-state index in [1.54, 1.807) is 7.11 Å². The summed E-state index contributed by atoms with van der Waals surface area (Å²) in [6.45, 7) is 9.55. The van der Waals surface area contributed by atoms with Crippen molar-refractivity contribution in [1.29, 1.82) is 0 Å². The minimum atomic E-state index is 0.671. The first kappa shape index (κ1) is 16.8. The van der Waals surface area contributed by atoms with E-state index < -0.39 is 0 Å². The Morgan fingerprint density at radius 1 is 1.15 bits per heavy atom. The number of ether oxygens (including phenoxy) is 2. The van der Waals surface area contributed by atoms with Gasteiger partial charge >= 0.3 is 0 Å². The van der Waals surface area contributed by atoms with Crippen molar-refractivity contribution < 1.29 is 9.47 Å². The summed E-state index contributed by atoms with van der Waals surface area (Å²) in [4.78, 5) is 0. The van der Waals surface area contributed by atoms with Gasteiger partial charge in [0.1, 0.15) is 0 Å². The molecular formula is C17H29NO2. The number of para-hydroxylation sites is 2. The van der Waals surface area contributed by atoms with Crippen molar-refractivity contribution in [2.24, 2.45) is 11.8 Å². The molecule has 0 radical (unpaired) electrons. The van der Waals surface area contributed by atoms with Gasteiger partial charge < -0.3 is 14.8 Å². The second-order valence-corrected chi connectivity index (χ2v) is 5.59. The third-order valence-electron chi connectivity index (χ3n) is 3.34. The zero-order chi connectivity index (χ0) is 14.8. The summed E-state index contributed by atoms with van der Waals surface area (Å²) in [7, 11) is 1.68. The van der Waals surface area contributed by atoms with Crippen LogP contribution in [0, 0.1) is 11.8 Å². The van der Waals surface area contributed by atoms with Gasteiger partial charge in [-0.3, -0.25) is 0 Å². The Morgan fingerprint density at radius 2 is 1.85 bits per heavy atom. The quantitative estimate of drug-likeness (QED) is 0.708. The molecule has 1 N–H and O–H groups in total. The highest BCUT2D eigenvalue weighted by molar-refractivity contribution is 5.39. The molecule has 1 unspecified atom stereocenters. The van der Waals surface area contributed by atoms with Crippen molar-refractivity contribution in [2.75, 3.05) is 26.8 Å². The van der Waals surface area contributed by atoms with E-state index in [0.29, 0.717) is 5.92 Å². The van der Waals surface area contributed by atoms with Gasteiger partial charge in [0.15, 0.2) is 11.5 Å². The number of hydrogen-bond acceptors (Lipinski definition) is 3. The van der Waals surface area contributed by atoms with Crippen LogP contribution in [0.15, 0.2) is 24.3 Å². The van der Waals surface area contributed by atoms with Gasteiger partial charge in [-0.15, -0.1) is 0 Å². The van der Waals surface area contributed by atoms with E-state index >= 15 is 0 Å². The first-order chi connectivity index (χ1) is 9.67. The Balaban J connectivity index is 2.42. The maximum atomic E-state index is 5.87. The van der Waals surface area contributed by atoms with Crippen LogP contribution < -0.4 is 14.8 Å². The van der Waals surface area contributed by atoms with Crippen LogP contribution in [0.25, 0.3) is 0 Å². The standard InChI is InChI=1S/C17H29NO2/c1-5-18-13-15(12-14(2)3)10-11-20-17-9-7-6-8-16(17)19-4/h6-9,14-15,18H,5,10-13H2,1-4H3. The molecule has 0 aliphatic carbocycles. The topological polar surface area (TPSA) is 30.5 Å². The highest BCUT2D eigenvalue weighted by Crippen LogP contribution is 2.26. The van der Waals surface area contributed by atoms with Crippen molar-refractivity contribution in [3.8, 4) is 11.5 Å². The molecular weight excluding hydrogens is 250 g/mol. The van der Waals surface area contributed by atoms with Crippen LogP contribution in [-0.2, 0) is 0 Å². The third kappa shape index (κ3) is 6.29. The second kappa shape index (κ2) is 9.65. The SMILES string of the molecule is CCNCC(CCOc1ccccc1OC)CC(C)C. The Morgan fingerprint density at radius 3 is 2.45 bits per heavy atom. The molecule has 0 bridgehead atoms. The van der Waals surface area contributed by atoms with Crippen LogP contribution in [0.2, 0.25) is 0 Å². The van der Waals surface area contributed by atoms with E-state index in [4.69, 9.17) is 9.47 Å². The average molecular weight is 279 g/mol. The fourth-order valence-corrected chi connectivity index (χ4v) is 2.39. The number of nitrogens with one attached hydrogen (secondary N) is 1. The van der Waals surface area contributed by atoms with Gasteiger partial charge in [0.05, 0.1) is 13.7 Å². The van der Waals surface area contributed by atoms with Crippen LogP contribution in [0.3, 0.4) is 0 Å². The number of rotatable bonds is 10. The maximum Gasteiger partial charge on any atom is 0.161 e. The van der Waals surface area contributed by atoms with Crippen molar-refractivity contribution in [1.82, 2.24) is 5.32 Å². The molecule has 0 saturated heterocycles. The largest absolute Gasteiger partial charge is 0.493 e. The fourth-order valence-electron chi connectivity index (χ4n) is 2.39. The smallest absolute Gasteiger partial charge is 0.161 e. The summed E-state index contributed by atoms with van der Waals surface area (Å²) in [5.41, 5.74) is 0. The summed E-state index contributed by atoms with van der Waals surface area (Å²) >= 11 is 0. The van der Waals surface area contributed by atoms with Crippen LogP contribution in [0.5, 0.6) is 11.5 Å². The molecule has 0 fully saturated rings. The zero-order valence-corrected chi connectivity index (χ0v) is 13.3. The third-order valence-corrected chi connectivity index (χ3v) is 3.34. The molecule has 0 amide bonds.